The van der Waals surface area contributed by atoms with Gasteiger partial charge in [-0.05, 0) is 42.0 Å². The van der Waals surface area contributed by atoms with Crippen LogP contribution in [0.3, 0.4) is 0 Å². The zero-order valence-electron chi connectivity index (χ0n) is 13.3. The molecule has 1 nitrogen and oxygen atoms in total. The van der Waals surface area contributed by atoms with E-state index in [2.05, 4.69) is 62.4 Å². The van der Waals surface area contributed by atoms with Crippen LogP contribution in [0.2, 0.25) is 0 Å². The second kappa shape index (κ2) is 11.4. The maximum Gasteiger partial charge on any atom is 0.119 e. The van der Waals surface area contributed by atoms with Gasteiger partial charge in [0.25, 0.3) is 0 Å². The van der Waals surface area contributed by atoms with Crippen molar-refractivity contribution in [2.75, 3.05) is 6.61 Å². The first-order valence-electron chi connectivity index (χ1n) is 7.54. The lowest BCUT2D eigenvalue weighted by molar-refractivity contribution is 0.301. The molecule has 2 aromatic carbocycles. The highest BCUT2D eigenvalue weighted by atomic mass is 35.5. The van der Waals surface area contributed by atoms with E-state index in [0.29, 0.717) is 0 Å². The molecule has 0 aliphatic carbocycles. The first-order chi connectivity index (χ1) is 9.75. The number of halogens is 2. The molecule has 0 saturated heterocycles. The molecule has 0 unspecified atom stereocenters. The van der Waals surface area contributed by atoms with Crippen molar-refractivity contribution in [3.63, 3.8) is 0 Å². The van der Waals surface area contributed by atoms with Crippen molar-refractivity contribution in [2.45, 2.75) is 33.1 Å². The van der Waals surface area contributed by atoms with E-state index in [9.17, 15) is 0 Å². The number of ether oxygens (including phenoxy) is 1. The molecular weight excluding hydrogens is 315 g/mol. The van der Waals surface area contributed by atoms with Gasteiger partial charge in [-0.25, -0.2) is 0 Å². The molecule has 2 rings (SSSR count). The van der Waals surface area contributed by atoms with E-state index in [4.69, 9.17) is 4.74 Å². The monoisotopic (exact) mass is 340 g/mol. The van der Waals surface area contributed by atoms with Gasteiger partial charge in [0, 0.05) is 0 Å². The van der Waals surface area contributed by atoms with Crippen molar-refractivity contribution in [2.24, 2.45) is 5.92 Å². The summed E-state index contributed by atoms with van der Waals surface area (Å²) < 4.78 is 5.78. The third kappa shape index (κ3) is 7.20. The minimum absolute atomic E-state index is 0. The molecule has 0 saturated carbocycles. The van der Waals surface area contributed by atoms with Crippen molar-refractivity contribution in [3.8, 4) is 16.9 Å². The molecule has 0 atom stereocenters. The van der Waals surface area contributed by atoms with E-state index in [0.717, 1.165) is 24.7 Å². The fourth-order valence-electron chi connectivity index (χ4n) is 2.22. The van der Waals surface area contributed by atoms with Crippen LogP contribution in [-0.4, -0.2) is 6.61 Å². The predicted molar refractivity (Wildman–Crippen MR) is 101 cm³/mol. The molecule has 0 heterocycles. The normalized spacial score (nSPS) is 9.77. The summed E-state index contributed by atoms with van der Waals surface area (Å²) in [7, 11) is 0. The van der Waals surface area contributed by atoms with Crippen LogP contribution < -0.4 is 4.74 Å². The highest BCUT2D eigenvalue weighted by molar-refractivity contribution is 5.85. The molecule has 22 heavy (non-hydrogen) atoms. The van der Waals surface area contributed by atoms with Crippen molar-refractivity contribution >= 4 is 24.8 Å². The van der Waals surface area contributed by atoms with Crippen LogP contribution >= 0.6 is 24.8 Å². The van der Waals surface area contributed by atoms with Crippen molar-refractivity contribution in [1.82, 2.24) is 0 Å². The topological polar surface area (TPSA) is 9.23 Å². The summed E-state index contributed by atoms with van der Waals surface area (Å²) >= 11 is 0. The summed E-state index contributed by atoms with van der Waals surface area (Å²) in [6.45, 7) is 5.35. The van der Waals surface area contributed by atoms with Gasteiger partial charge < -0.3 is 4.74 Å². The number of rotatable bonds is 7. The smallest absolute Gasteiger partial charge is 0.119 e. The number of benzene rings is 2. The van der Waals surface area contributed by atoms with Gasteiger partial charge in [-0.1, -0.05) is 62.7 Å². The van der Waals surface area contributed by atoms with Gasteiger partial charge >= 0.3 is 0 Å². The Morgan fingerprint density at radius 3 is 1.95 bits per heavy atom. The summed E-state index contributed by atoms with van der Waals surface area (Å²) in [5, 5.41) is 0. The van der Waals surface area contributed by atoms with E-state index in [-0.39, 0.29) is 24.8 Å². The molecule has 0 fully saturated rings. The summed E-state index contributed by atoms with van der Waals surface area (Å²) in [4.78, 5) is 0. The van der Waals surface area contributed by atoms with E-state index >= 15 is 0 Å². The zero-order valence-corrected chi connectivity index (χ0v) is 15.0. The quantitative estimate of drug-likeness (QED) is 0.529. The number of hydrogen-bond donors (Lipinski definition) is 0. The molecule has 0 bridgehead atoms. The van der Waals surface area contributed by atoms with Crippen LogP contribution in [0.4, 0.5) is 0 Å². The Morgan fingerprint density at radius 2 is 1.36 bits per heavy atom. The molecule has 0 spiro atoms. The fraction of sp³-hybridized carbons (Fsp3) is 0.368. The van der Waals surface area contributed by atoms with Gasteiger partial charge in [-0.15, -0.1) is 24.8 Å². The Hall–Kier alpha value is -1.18. The molecule has 0 aromatic heterocycles. The highest BCUT2D eigenvalue weighted by Gasteiger charge is 1.99. The van der Waals surface area contributed by atoms with Crippen LogP contribution in [0.15, 0.2) is 54.6 Å². The number of unbranched alkanes of at least 4 members (excludes halogenated alkanes) is 1. The minimum atomic E-state index is 0. The van der Waals surface area contributed by atoms with Gasteiger partial charge in [-0.2, -0.15) is 0 Å². The molecule has 0 amide bonds. The van der Waals surface area contributed by atoms with Crippen LogP contribution in [0, 0.1) is 5.92 Å². The molecule has 122 valence electrons. The second-order valence-electron chi connectivity index (χ2n) is 5.63. The first kappa shape index (κ1) is 20.8. The van der Waals surface area contributed by atoms with E-state index in [1.807, 2.05) is 6.07 Å². The Morgan fingerprint density at radius 1 is 0.773 bits per heavy atom. The van der Waals surface area contributed by atoms with Gasteiger partial charge in [0.2, 0.25) is 0 Å². The van der Waals surface area contributed by atoms with Crippen molar-refractivity contribution in [1.29, 1.82) is 0 Å². The maximum absolute atomic E-state index is 5.78. The standard InChI is InChI=1S/C19H24O.2ClH/c1-16(2)8-6-7-15-20-19-13-11-18(12-14-19)17-9-4-3-5-10-17;;/h3-5,9-14,16H,6-8,15H2,1-2H3;2*1H. The van der Waals surface area contributed by atoms with Crippen LogP contribution in [0.1, 0.15) is 33.1 Å². The lowest BCUT2D eigenvalue weighted by Crippen LogP contribution is -1.98. The van der Waals surface area contributed by atoms with Gasteiger partial charge in [-0.3, -0.25) is 0 Å². The SMILES string of the molecule is CC(C)CCCCOc1ccc(-c2ccccc2)cc1.Cl.Cl. The maximum atomic E-state index is 5.78. The molecule has 2 aromatic rings. The first-order valence-corrected chi connectivity index (χ1v) is 7.54. The largest absolute Gasteiger partial charge is 0.494 e. The fourth-order valence-corrected chi connectivity index (χ4v) is 2.22. The average molecular weight is 341 g/mol. The Labute approximate surface area is 146 Å². The van der Waals surface area contributed by atoms with E-state index < -0.39 is 0 Å². The van der Waals surface area contributed by atoms with Gasteiger partial charge in [0.05, 0.1) is 6.61 Å². The van der Waals surface area contributed by atoms with E-state index in [1.165, 1.54) is 24.0 Å². The number of hydrogen-bond acceptors (Lipinski definition) is 1. The van der Waals surface area contributed by atoms with Crippen LogP contribution in [0.5, 0.6) is 5.75 Å². The van der Waals surface area contributed by atoms with Crippen LogP contribution in [0.25, 0.3) is 11.1 Å². The summed E-state index contributed by atoms with van der Waals surface area (Å²) in [6.07, 6.45) is 3.68. The molecule has 0 aliphatic rings. The average Bonchev–Trinajstić information content (AvgIpc) is 2.48. The van der Waals surface area contributed by atoms with Crippen molar-refractivity contribution in [3.05, 3.63) is 54.6 Å². The molecule has 0 radical (unpaired) electrons. The summed E-state index contributed by atoms with van der Waals surface area (Å²) in [6, 6.07) is 18.8. The Balaban J connectivity index is 0.00000220. The Kier molecular flexibility index (Phi) is 10.8. The summed E-state index contributed by atoms with van der Waals surface area (Å²) in [5.41, 5.74) is 2.48. The van der Waals surface area contributed by atoms with Crippen LogP contribution in [-0.2, 0) is 0 Å². The lowest BCUT2D eigenvalue weighted by Gasteiger charge is -2.08. The minimum Gasteiger partial charge on any atom is -0.494 e. The molecule has 0 aliphatic heterocycles. The third-order valence-electron chi connectivity index (χ3n) is 3.41. The zero-order chi connectivity index (χ0) is 14.2. The molecule has 3 heteroatoms. The van der Waals surface area contributed by atoms with Gasteiger partial charge in [0.15, 0.2) is 0 Å². The third-order valence-corrected chi connectivity index (χ3v) is 3.41. The highest BCUT2D eigenvalue weighted by Crippen LogP contribution is 2.22. The predicted octanol–water partition coefficient (Wildman–Crippen LogP) is 6.40. The molecule has 0 N–H and O–H groups in total. The van der Waals surface area contributed by atoms with Gasteiger partial charge in [0.1, 0.15) is 5.75 Å². The van der Waals surface area contributed by atoms with Crippen molar-refractivity contribution < 1.29 is 4.74 Å². The second-order valence-corrected chi connectivity index (χ2v) is 5.63. The summed E-state index contributed by atoms with van der Waals surface area (Å²) in [5.74, 6) is 1.76. The lowest BCUT2D eigenvalue weighted by atomic mass is 10.1. The van der Waals surface area contributed by atoms with E-state index in [1.54, 1.807) is 0 Å². The Bertz CT molecular complexity index is 495. The molecular formula is C19H26Cl2O.